The summed E-state index contributed by atoms with van der Waals surface area (Å²) in [6.45, 7) is 16.7. The first-order chi connectivity index (χ1) is 5.51. The van der Waals surface area contributed by atoms with E-state index >= 15 is 0 Å². The lowest BCUT2D eigenvalue weighted by Gasteiger charge is -2.35. The lowest BCUT2D eigenvalue weighted by atomic mass is 9.70. The highest BCUT2D eigenvalue weighted by Gasteiger charge is 2.29. The molecule has 0 nitrogen and oxygen atoms in total. The summed E-state index contributed by atoms with van der Waals surface area (Å²) in [5, 5.41) is 0. The molecule has 0 aliphatic heterocycles. The molecule has 0 bridgehead atoms. The molecule has 70 valence electrons. The van der Waals surface area contributed by atoms with E-state index in [1.807, 2.05) is 0 Å². The van der Waals surface area contributed by atoms with Crippen LogP contribution in [0.15, 0.2) is 25.3 Å². The second-order valence-corrected chi connectivity index (χ2v) is 4.07. The quantitative estimate of drug-likeness (QED) is 0.541. The summed E-state index contributed by atoms with van der Waals surface area (Å²) in [7, 11) is 0. The van der Waals surface area contributed by atoms with Crippen LogP contribution in [0.25, 0.3) is 0 Å². The maximum absolute atomic E-state index is 3.91. The summed E-state index contributed by atoms with van der Waals surface area (Å²) in [5.41, 5.74) is 0.218. The van der Waals surface area contributed by atoms with Crippen LogP contribution in [0.1, 0.15) is 34.1 Å². The predicted octanol–water partition coefficient (Wildman–Crippen LogP) is 4.05. The van der Waals surface area contributed by atoms with Crippen LogP contribution in [0.5, 0.6) is 0 Å². The normalized spacial score (nSPS) is 18.4. The summed E-state index contributed by atoms with van der Waals surface area (Å²) >= 11 is 0. The van der Waals surface area contributed by atoms with Crippen LogP contribution in [0.4, 0.5) is 0 Å². The molecular formula is C12H22. The van der Waals surface area contributed by atoms with Gasteiger partial charge in [0.05, 0.1) is 0 Å². The van der Waals surface area contributed by atoms with Crippen LogP contribution in [-0.2, 0) is 0 Å². The fraction of sp³-hybridized carbons (Fsp3) is 0.667. The zero-order valence-corrected chi connectivity index (χ0v) is 8.93. The second kappa shape index (κ2) is 4.49. The topological polar surface area (TPSA) is 0 Å². The van der Waals surface area contributed by atoms with Gasteiger partial charge in [0.2, 0.25) is 0 Å². The highest BCUT2D eigenvalue weighted by atomic mass is 14.3. The van der Waals surface area contributed by atoms with Gasteiger partial charge in [-0.15, -0.1) is 13.2 Å². The van der Waals surface area contributed by atoms with Gasteiger partial charge in [-0.2, -0.15) is 0 Å². The van der Waals surface area contributed by atoms with Crippen molar-refractivity contribution >= 4 is 0 Å². The standard InChI is InChI=1S/C12H22/c1-7-11(10(4)5)12(6,8-2)9-3/h7-8,10-11H,1-2,9H2,3-6H3. The first-order valence-corrected chi connectivity index (χ1v) is 4.78. The van der Waals surface area contributed by atoms with Crippen LogP contribution in [0, 0.1) is 17.3 Å². The monoisotopic (exact) mass is 166 g/mol. The van der Waals surface area contributed by atoms with Crippen LogP contribution in [0.3, 0.4) is 0 Å². The van der Waals surface area contributed by atoms with Crippen LogP contribution in [0.2, 0.25) is 0 Å². The zero-order chi connectivity index (χ0) is 9.78. The Bertz CT molecular complexity index is 155. The molecule has 0 N–H and O–H groups in total. The molecule has 0 amide bonds. The molecular weight excluding hydrogens is 144 g/mol. The Kier molecular flexibility index (Phi) is 4.30. The molecule has 2 unspecified atom stereocenters. The van der Waals surface area contributed by atoms with Gasteiger partial charge in [-0.3, -0.25) is 0 Å². The smallest absolute Gasteiger partial charge is 0.00867 e. The van der Waals surface area contributed by atoms with Gasteiger partial charge >= 0.3 is 0 Å². The molecule has 12 heavy (non-hydrogen) atoms. The summed E-state index contributed by atoms with van der Waals surface area (Å²) < 4.78 is 0. The van der Waals surface area contributed by atoms with Crippen LogP contribution in [-0.4, -0.2) is 0 Å². The molecule has 0 saturated carbocycles. The van der Waals surface area contributed by atoms with Crippen molar-refractivity contribution in [1.29, 1.82) is 0 Å². The van der Waals surface area contributed by atoms with Gasteiger partial charge in [-0.25, -0.2) is 0 Å². The lowest BCUT2D eigenvalue weighted by Crippen LogP contribution is -2.26. The number of hydrogen-bond acceptors (Lipinski definition) is 0. The molecule has 0 heterocycles. The van der Waals surface area contributed by atoms with E-state index in [4.69, 9.17) is 0 Å². The molecule has 0 heteroatoms. The Hall–Kier alpha value is -0.520. The van der Waals surface area contributed by atoms with Crippen molar-refractivity contribution in [3.8, 4) is 0 Å². The Labute approximate surface area is 77.4 Å². The van der Waals surface area contributed by atoms with Gasteiger partial charge in [0, 0.05) is 0 Å². The number of hydrogen-bond donors (Lipinski definition) is 0. The third-order valence-electron chi connectivity index (χ3n) is 2.96. The van der Waals surface area contributed by atoms with E-state index in [-0.39, 0.29) is 5.41 Å². The minimum atomic E-state index is 0.218. The van der Waals surface area contributed by atoms with Crippen molar-refractivity contribution < 1.29 is 0 Å². The summed E-state index contributed by atoms with van der Waals surface area (Å²) in [6, 6.07) is 0. The highest BCUT2D eigenvalue weighted by molar-refractivity contribution is 5.02. The number of allylic oxidation sites excluding steroid dienone is 2. The SMILES string of the molecule is C=CC(C(C)C)C(C)(C=C)CC. The molecule has 0 aromatic heterocycles. The maximum atomic E-state index is 3.91. The van der Waals surface area contributed by atoms with E-state index in [2.05, 4.69) is 53.0 Å². The molecule has 0 aliphatic rings. The van der Waals surface area contributed by atoms with Crippen molar-refractivity contribution in [2.45, 2.75) is 34.1 Å². The van der Waals surface area contributed by atoms with Gasteiger partial charge in [-0.05, 0) is 23.7 Å². The van der Waals surface area contributed by atoms with Gasteiger partial charge in [0.1, 0.15) is 0 Å². The minimum Gasteiger partial charge on any atom is -0.103 e. The van der Waals surface area contributed by atoms with Gasteiger partial charge in [0.25, 0.3) is 0 Å². The second-order valence-electron chi connectivity index (χ2n) is 4.07. The van der Waals surface area contributed by atoms with Crippen LogP contribution < -0.4 is 0 Å². The highest BCUT2D eigenvalue weighted by Crippen LogP contribution is 2.37. The zero-order valence-electron chi connectivity index (χ0n) is 8.93. The largest absolute Gasteiger partial charge is 0.103 e. The number of rotatable bonds is 5. The van der Waals surface area contributed by atoms with E-state index in [1.165, 1.54) is 0 Å². The Balaban J connectivity index is 4.66. The lowest BCUT2D eigenvalue weighted by molar-refractivity contribution is 0.235. The maximum Gasteiger partial charge on any atom is -0.00867 e. The fourth-order valence-electron chi connectivity index (χ4n) is 1.82. The summed E-state index contributed by atoms with van der Waals surface area (Å²) in [5.74, 6) is 1.19. The van der Waals surface area contributed by atoms with Crippen molar-refractivity contribution in [3.63, 3.8) is 0 Å². The van der Waals surface area contributed by atoms with E-state index in [9.17, 15) is 0 Å². The molecule has 0 radical (unpaired) electrons. The summed E-state index contributed by atoms with van der Waals surface area (Å²) in [6.07, 6.45) is 5.26. The average Bonchev–Trinajstić information content (AvgIpc) is 2.04. The van der Waals surface area contributed by atoms with E-state index in [0.717, 1.165) is 6.42 Å². The third kappa shape index (κ3) is 2.23. The molecule has 0 spiro atoms. The third-order valence-corrected chi connectivity index (χ3v) is 2.96. The van der Waals surface area contributed by atoms with Gasteiger partial charge in [-0.1, -0.05) is 39.8 Å². The Morgan fingerprint density at radius 3 is 1.92 bits per heavy atom. The Morgan fingerprint density at radius 1 is 1.33 bits per heavy atom. The Morgan fingerprint density at radius 2 is 1.83 bits per heavy atom. The minimum absolute atomic E-state index is 0.218. The van der Waals surface area contributed by atoms with Crippen LogP contribution >= 0.6 is 0 Å². The van der Waals surface area contributed by atoms with Gasteiger partial charge in [0.15, 0.2) is 0 Å². The first kappa shape index (κ1) is 11.5. The molecule has 2 atom stereocenters. The van der Waals surface area contributed by atoms with Crippen molar-refractivity contribution in [3.05, 3.63) is 25.3 Å². The molecule has 0 aliphatic carbocycles. The average molecular weight is 166 g/mol. The first-order valence-electron chi connectivity index (χ1n) is 4.78. The molecule has 0 rings (SSSR count). The van der Waals surface area contributed by atoms with Crippen molar-refractivity contribution in [2.24, 2.45) is 17.3 Å². The van der Waals surface area contributed by atoms with E-state index in [1.54, 1.807) is 0 Å². The summed E-state index contributed by atoms with van der Waals surface area (Å²) in [4.78, 5) is 0. The molecule has 0 fully saturated rings. The van der Waals surface area contributed by atoms with Crippen molar-refractivity contribution in [1.82, 2.24) is 0 Å². The van der Waals surface area contributed by atoms with E-state index in [0.29, 0.717) is 11.8 Å². The van der Waals surface area contributed by atoms with Crippen molar-refractivity contribution in [2.75, 3.05) is 0 Å². The predicted molar refractivity (Wildman–Crippen MR) is 57.1 cm³/mol. The fourth-order valence-corrected chi connectivity index (χ4v) is 1.82. The molecule has 0 aromatic rings. The van der Waals surface area contributed by atoms with E-state index < -0.39 is 0 Å². The molecule has 0 aromatic carbocycles. The van der Waals surface area contributed by atoms with Gasteiger partial charge < -0.3 is 0 Å². The molecule has 0 saturated heterocycles.